The molecule has 0 radical (unpaired) electrons. The summed E-state index contributed by atoms with van der Waals surface area (Å²) in [4.78, 5) is 0. The number of rotatable bonds is 6. The molecule has 0 aliphatic carbocycles. The molecule has 0 saturated heterocycles. The van der Waals surface area contributed by atoms with Crippen LogP contribution in [0.15, 0.2) is 42.0 Å². The van der Waals surface area contributed by atoms with Gasteiger partial charge in [-0.15, -0.1) is 0 Å². The zero-order valence-corrected chi connectivity index (χ0v) is 13.9. The molecule has 0 aromatic heterocycles. The minimum Gasteiger partial charge on any atom is -0.489 e. The van der Waals surface area contributed by atoms with Gasteiger partial charge < -0.3 is 16.3 Å². The SMILES string of the molecule is C=Cc1c(/C=N\N)cc(-c2c(C)cccc2F)cc1OC(C)CN. The molecule has 126 valence electrons. The molecule has 0 bridgehead atoms. The number of ether oxygens (including phenoxy) is 1. The van der Waals surface area contributed by atoms with Gasteiger partial charge >= 0.3 is 0 Å². The van der Waals surface area contributed by atoms with Crippen LogP contribution < -0.4 is 16.3 Å². The molecule has 0 aliphatic heterocycles. The van der Waals surface area contributed by atoms with Crippen LogP contribution in [0.4, 0.5) is 4.39 Å². The first kappa shape index (κ1) is 17.7. The van der Waals surface area contributed by atoms with Crippen LogP contribution in [0.2, 0.25) is 0 Å². The Morgan fingerprint density at radius 3 is 2.71 bits per heavy atom. The third-order valence-corrected chi connectivity index (χ3v) is 3.76. The molecular weight excluding hydrogens is 305 g/mol. The molecule has 2 aromatic rings. The summed E-state index contributed by atoms with van der Waals surface area (Å²) in [5.74, 6) is 5.58. The molecule has 4 N–H and O–H groups in total. The molecule has 5 heteroatoms. The van der Waals surface area contributed by atoms with Gasteiger partial charge in [0.2, 0.25) is 0 Å². The van der Waals surface area contributed by atoms with Gasteiger partial charge in [0.25, 0.3) is 0 Å². The zero-order valence-electron chi connectivity index (χ0n) is 13.9. The smallest absolute Gasteiger partial charge is 0.131 e. The van der Waals surface area contributed by atoms with Crippen molar-refractivity contribution in [2.24, 2.45) is 16.7 Å². The molecule has 2 aromatic carbocycles. The summed E-state index contributed by atoms with van der Waals surface area (Å²) in [6, 6.07) is 8.59. The molecule has 0 saturated carbocycles. The predicted molar refractivity (Wildman–Crippen MR) is 97.6 cm³/mol. The first-order chi connectivity index (χ1) is 11.5. The Bertz CT molecular complexity index is 751. The summed E-state index contributed by atoms with van der Waals surface area (Å²) < 4.78 is 20.3. The van der Waals surface area contributed by atoms with Crippen molar-refractivity contribution in [2.75, 3.05) is 6.54 Å². The van der Waals surface area contributed by atoms with Gasteiger partial charge in [0.1, 0.15) is 17.7 Å². The van der Waals surface area contributed by atoms with E-state index in [2.05, 4.69) is 11.7 Å². The lowest BCUT2D eigenvalue weighted by Gasteiger charge is -2.18. The summed E-state index contributed by atoms with van der Waals surface area (Å²) in [7, 11) is 0. The van der Waals surface area contributed by atoms with E-state index in [4.69, 9.17) is 16.3 Å². The van der Waals surface area contributed by atoms with Crippen molar-refractivity contribution in [3.63, 3.8) is 0 Å². The molecule has 0 aliphatic rings. The Morgan fingerprint density at radius 2 is 2.12 bits per heavy atom. The number of halogens is 1. The van der Waals surface area contributed by atoms with Gasteiger partial charge in [-0.3, -0.25) is 0 Å². The standard InChI is InChI=1S/C19H22FN3O/c1-4-16-15(11-23-22)8-14(9-18(16)24-13(3)10-21)19-12(2)6-5-7-17(19)20/h4-9,11,13H,1,10,21-22H2,2-3H3/b23-11-. The van der Waals surface area contributed by atoms with Gasteiger partial charge in [0, 0.05) is 23.2 Å². The molecule has 2 rings (SSSR count). The third-order valence-electron chi connectivity index (χ3n) is 3.76. The quantitative estimate of drug-likeness (QED) is 0.485. The van der Waals surface area contributed by atoms with Crippen LogP contribution in [0.3, 0.4) is 0 Å². The summed E-state index contributed by atoms with van der Waals surface area (Å²) in [6.07, 6.45) is 2.97. The van der Waals surface area contributed by atoms with E-state index in [1.54, 1.807) is 18.2 Å². The molecule has 4 nitrogen and oxygen atoms in total. The van der Waals surface area contributed by atoms with Gasteiger partial charge in [-0.05, 0) is 43.2 Å². The van der Waals surface area contributed by atoms with Crippen molar-refractivity contribution in [2.45, 2.75) is 20.0 Å². The number of hydrogen-bond donors (Lipinski definition) is 2. The number of nitrogens with zero attached hydrogens (tertiary/aromatic N) is 1. The maximum absolute atomic E-state index is 14.4. The number of hydrogen-bond acceptors (Lipinski definition) is 4. The normalized spacial score (nSPS) is 12.3. The fraction of sp³-hybridized carbons (Fsp3) is 0.211. The van der Waals surface area contributed by atoms with E-state index in [9.17, 15) is 4.39 Å². The van der Waals surface area contributed by atoms with Crippen LogP contribution in [0.1, 0.15) is 23.6 Å². The van der Waals surface area contributed by atoms with E-state index in [-0.39, 0.29) is 11.9 Å². The lowest BCUT2D eigenvalue weighted by molar-refractivity contribution is 0.229. The highest BCUT2D eigenvalue weighted by Gasteiger charge is 2.15. The van der Waals surface area contributed by atoms with E-state index in [0.717, 1.165) is 11.1 Å². The van der Waals surface area contributed by atoms with E-state index in [1.165, 1.54) is 12.3 Å². The second-order valence-electron chi connectivity index (χ2n) is 5.56. The monoisotopic (exact) mass is 327 g/mol. The minimum atomic E-state index is -0.296. The highest BCUT2D eigenvalue weighted by molar-refractivity contribution is 5.90. The van der Waals surface area contributed by atoms with Crippen LogP contribution in [-0.2, 0) is 0 Å². The van der Waals surface area contributed by atoms with Crippen molar-refractivity contribution < 1.29 is 9.13 Å². The lowest BCUT2D eigenvalue weighted by Crippen LogP contribution is -2.23. The van der Waals surface area contributed by atoms with Crippen molar-refractivity contribution in [3.05, 3.63) is 59.4 Å². The van der Waals surface area contributed by atoms with Crippen LogP contribution in [-0.4, -0.2) is 18.9 Å². The predicted octanol–water partition coefficient (Wildman–Crippen LogP) is 3.46. The molecule has 0 spiro atoms. The fourth-order valence-electron chi connectivity index (χ4n) is 2.56. The van der Waals surface area contributed by atoms with E-state index >= 15 is 0 Å². The van der Waals surface area contributed by atoms with Crippen molar-refractivity contribution >= 4 is 12.3 Å². The van der Waals surface area contributed by atoms with E-state index in [1.807, 2.05) is 26.0 Å². The Hall–Kier alpha value is -2.66. The maximum Gasteiger partial charge on any atom is 0.131 e. The average Bonchev–Trinajstić information content (AvgIpc) is 2.55. The first-order valence-electron chi connectivity index (χ1n) is 7.67. The zero-order chi connectivity index (χ0) is 17.7. The van der Waals surface area contributed by atoms with Gasteiger partial charge in [0.15, 0.2) is 0 Å². The molecule has 1 atom stereocenters. The highest BCUT2D eigenvalue weighted by atomic mass is 19.1. The van der Waals surface area contributed by atoms with Crippen LogP contribution in [0.25, 0.3) is 17.2 Å². The van der Waals surface area contributed by atoms with Gasteiger partial charge in [-0.2, -0.15) is 5.10 Å². The number of benzene rings is 2. The number of hydrazone groups is 1. The topological polar surface area (TPSA) is 73.6 Å². The Morgan fingerprint density at radius 1 is 1.38 bits per heavy atom. The maximum atomic E-state index is 14.4. The van der Waals surface area contributed by atoms with E-state index < -0.39 is 0 Å². The number of aryl methyl sites for hydroxylation is 1. The van der Waals surface area contributed by atoms with Crippen LogP contribution in [0, 0.1) is 12.7 Å². The molecular formula is C19H22FN3O. The molecule has 24 heavy (non-hydrogen) atoms. The Kier molecular flexibility index (Phi) is 5.71. The molecule has 1 unspecified atom stereocenters. The summed E-state index contributed by atoms with van der Waals surface area (Å²) in [5, 5.41) is 3.59. The molecule has 0 amide bonds. The van der Waals surface area contributed by atoms with Crippen molar-refractivity contribution in [1.82, 2.24) is 0 Å². The fourth-order valence-corrected chi connectivity index (χ4v) is 2.56. The second-order valence-corrected chi connectivity index (χ2v) is 5.56. The average molecular weight is 327 g/mol. The largest absolute Gasteiger partial charge is 0.489 e. The Balaban J connectivity index is 2.71. The van der Waals surface area contributed by atoms with Gasteiger partial charge in [-0.25, -0.2) is 4.39 Å². The van der Waals surface area contributed by atoms with Gasteiger partial charge in [-0.1, -0.05) is 24.8 Å². The molecule has 0 fully saturated rings. The minimum absolute atomic E-state index is 0.191. The molecule has 0 heterocycles. The van der Waals surface area contributed by atoms with E-state index in [0.29, 0.717) is 29.0 Å². The second kappa shape index (κ2) is 7.75. The van der Waals surface area contributed by atoms with Crippen molar-refractivity contribution in [3.8, 4) is 16.9 Å². The third kappa shape index (κ3) is 3.63. The summed E-state index contributed by atoms with van der Waals surface area (Å²) >= 11 is 0. The number of nitrogens with two attached hydrogens (primary N) is 2. The Labute approximate surface area is 141 Å². The highest BCUT2D eigenvalue weighted by Crippen LogP contribution is 2.34. The first-order valence-corrected chi connectivity index (χ1v) is 7.67. The van der Waals surface area contributed by atoms with Crippen LogP contribution >= 0.6 is 0 Å². The summed E-state index contributed by atoms with van der Waals surface area (Å²) in [6.45, 7) is 7.90. The lowest BCUT2D eigenvalue weighted by atomic mass is 9.95. The van der Waals surface area contributed by atoms with Gasteiger partial charge in [0.05, 0.1) is 6.21 Å². The van der Waals surface area contributed by atoms with Crippen molar-refractivity contribution in [1.29, 1.82) is 0 Å². The summed E-state index contributed by atoms with van der Waals surface area (Å²) in [5.41, 5.74) is 9.12. The van der Waals surface area contributed by atoms with Crippen LogP contribution in [0.5, 0.6) is 5.75 Å².